The summed E-state index contributed by atoms with van der Waals surface area (Å²) in [6.07, 6.45) is 0. The first-order valence-corrected chi connectivity index (χ1v) is 4.53. The second-order valence-electron chi connectivity index (χ2n) is 1.86. The van der Waals surface area contributed by atoms with E-state index in [1.165, 1.54) is 0 Å². The Bertz CT molecular complexity index is 307. The number of hydrogen-bond donors (Lipinski definition) is 0. The van der Waals surface area contributed by atoms with Gasteiger partial charge in [0.05, 0.1) is 15.6 Å². The van der Waals surface area contributed by atoms with Crippen molar-refractivity contribution in [2.75, 3.05) is 0 Å². The van der Waals surface area contributed by atoms with Crippen LogP contribution in [0.1, 0.15) is 5.56 Å². The lowest BCUT2D eigenvalue weighted by Crippen LogP contribution is -1.80. The fourth-order valence-electron chi connectivity index (χ4n) is 0.649. The van der Waals surface area contributed by atoms with Crippen molar-refractivity contribution in [1.82, 2.24) is 0 Å². The van der Waals surface area contributed by atoms with Crippen LogP contribution in [0, 0.1) is 14.9 Å². The Morgan fingerprint density at radius 2 is 1.73 bits per heavy atom. The lowest BCUT2D eigenvalue weighted by atomic mass is 10.2. The molecular formula is C7H2Cl2IN. The van der Waals surface area contributed by atoms with E-state index in [2.05, 4.69) is 22.6 Å². The normalized spacial score (nSPS) is 9.27. The largest absolute Gasteiger partial charge is 0.192 e. The number of halogens is 3. The topological polar surface area (TPSA) is 23.8 Å². The van der Waals surface area contributed by atoms with Crippen LogP contribution < -0.4 is 0 Å². The summed E-state index contributed by atoms with van der Waals surface area (Å²) < 4.78 is 0.927. The van der Waals surface area contributed by atoms with Gasteiger partial charge in [-0.2, -0.15) is 5.26 Å². The maximum Gasteiger partial charge on any atom is 0.102 e. The zero-order valence-corrected chi connectivity index (χ0v) is 8.91. The van der Waals surface area contributed by atoms with Gasteiger partial charge in [-0.1, -0.05) is 23.2 Å². The van der Waals surface area contributed by atoms with Crippen LogP contribution in [0.25, 0.3) is 0 Å². The van der Waals surface area contributed by atoms with Crippen molar-refractivity contribution in [3.05, 3.63) is 31.3 Å². The van der Waals surface area contributed by atoms with E-state index in [0.717, 1.165) is 3.57 Å². The molecule has 4 heteroatoms. The Balaban J connectivity index is 3.40. The Kier molecular flexibility index (Phi) is 2.99. The Morgan fingerprint density at radius 3 is 2.09 bits per heavy atom. The maximum atomic E-state index is 8.57. The second-order valence-corrected chi connectivity index (χ2v) is 3.92. The van der Waals surface area contributed by atoms with E-state index in [4.69, 9.17) is 28.5 Å². The summed E-state index contributed by atoms with van der Waals surface area (Å²) in [7, 11) is 0. The molecule has 0 saturated heterocycles. The Hall–Kier alpha value is 0.0200. The van der Waals surface area contributed by atoms with Gasteiger partial charge in [-0.15, -0.1) is 0 Å². The summed E-state index contributed by atoms with van der Waals surface area (Å²) in [5, 5.41) is 9.38. The van der Waals surface area contributed by atoms with Crippen LogP contribution in [0.4, 0.5) is 0 Å². The van der Waals surface area contributed by atoms with E-state index in [1.807, 2.05) is 6.07 Å². The molecule has 0 amide bonds. The van der Waals surface area contributed by atoms with E-state index < -0.39 is 0 Å². The van der Waals surface area contributed by atoms with Crippen LogP contribution in [0.2, 0.25) is 10.0 Å². The molecule has 1 nitrogen and oxygen atoms in total. The smallest absolute Gasteiger partial charge is 0.102 e. The third kappa shape index (κ3) is 1.98. The first kappa shape index (κ1) is 9.11. The third-order valence-electron chi connectivity index (χ3n) is 1.12. The molecule has 0 saturated carbocycles. The van der Waals surface area contributed by atoms with Gasteiger partial charge in [-0.25, -0.2) is 0 Å². The molecule has 1 aromatic rings. The number of nitriles is 1. The molecular weight excluding hydrogens is 296 g/mol. The van der Waals surface area contributed by atoms with Crippen LogP contribution in [0.3, 0.4) is 0 Å². The first-order chi connectivity index (χ1) is 5.15. The summed E-state index contributed by atoms with van der Waals surface area (Å²) in [4.78, 5) is 0. The highest BCUT2D eigenvalue weighted by Crippen LogP contribution is 2.26. The predicted molar refractivity (Wildman–Crippen MR) is 53.9 cm³/mol. The summed E-state index contributed by atoms with van der Waals surface area (Å²) in [5.74, 6) is 0. The third-order valence-corrected chi connectivity index (χ3v) is 2.34. The molecule has 0 aliphatic rings. The molecule has 0 atom stereocenters. The molecule has 1 aromatic carbocycles. The van der Waals surface area contributed by atoms with Crippen molar-refractivity contribution in [2.45, 2.75) is 0 Å². The van der Waals surface area contributed by atoms with Crippen LogP contribution in [0.15, 0.2) is 12.1 Å². The minimum Gasteiger partial charge on any atom is -0.192 e. The van der Waals surface area contributed by atoms with Crippen LogP contribution in [-0.4, -0.2) is 0 Å². The zero-order valence-electron chi connectivity index (χ0n) is 5.24. The molecule has 0 aromatic heterocycles. The average Bonchev–Trinajstić information content (AvgIpc) is 1.85. The van der Waals surface area contributed by atoms with Gasteiger partial charge < -0.3 is 0 Å². The quantitative estimate of drug-likeness (QED) is 0.673. The number of nitrogens with zero attached hydrogens (tertiary/aromatic N) is 1. The van der Waals surface area contributed by atoms with E-state index in [-0.39, 0.29) is 0 Å². The van der Waals surface area contributed by atoms with Gasteiger partial charge in [0.15, 0.2) is 0 Å². The molecule has 0 aliphatic heterocycles. The van der Waals surface area contributed by atoms with E-state index >= 15 is 0 Å². The predicted octanol–water partition coefficient (Wildman–Crippen LogP) is 3.47. The van der Waals surface area contributed by atoms with Gasteiger partial charge in [0, 0.05) is 3.57 Å². The van der Waals surface area contributed by atoms with Gasteiger partial charge in [0.1, 0.15) is 6.07 Å². The molecule has 0 N–H and O–H groups in total. The number of rotatable bonds is 0. The highest BCUT2D eigenvalue weighted by atomic mass is 127. The summed E-state index contributed by atoms with van der Waals surface area (Å²) in [6.45, 7) is 0. The SMILES string of the molecule is N#Cc1c(Cl)cc(I)cc1Cl. The van der Waals surface area contributed by atoms with Crippen molar-refractivity contribution in [2.24, 2.45) is 0 Å². The van der Waals surface area contributed by atoms with Crippen LogP contribution in [0.5, 0.6) is 0 Å². The standard InChI is InChI=1S/C7H2Cl2IN/c8-6-1-4(10)2-7(9)5(6)3-11/h1-2H. The van der Waals surface area contributed by atoms with Crippen molar-refractivity contribution in [3.63, 3.8) is 0 Å². The summed E-state index contributed by atoms with van der Waals surface area (Å²) >= 11 is 13.5. The minimum atomic E-state index is 0.341. The lowest BCUT2D eigenvalue weighted by molar-refractivity contribution is 1.48. The molecule has 0 aliphatic carbocycles. The van der Waals surface area contributed by atoms with Crippen LogP contribution in [-0.2, 0) is 0 Å². The van der Waals surface area contributed by atoms with Gasteiger partial charge in [0.25, 0.3) is 0 Å². The van der Waals surface area contributed by atoms with Crippen molar-refractivity contribution in [3.8, 4) is 6.07 Å². The molecule has 0 unspecified atom stereocenters. The molecule has 0 fully saturated rings. The Morgan fingerprint density at radius 1 is 1.27 bits per heavy atom. The second kappa shape index (κ2) is 3.61. The van der Waals surface area contributed by atoms with Crippen LogP contribution >= 0.6 is 45.8 Å². The van der Waals surface area contributed by atoms with E-state index in [0.29, 0.717) is 15.6 Å². The summed E-state index contributed by atoms with van der Waals surface area (Å²) in [6, 6.07) is 5.33. The van der Waals surface area contributed by atoms with E-state index in [1.54, 1.807) is 12.1 Å². The Labute approximate surface area is 88.1 Å². The van der Waals surface area contributed by atoms with Gasteiger partial charge in [-0.3, -0.25) is 0 Å². The van der Waals surface area contributed by atoms with Gasteiger partial charge in [0.2, 0.25) is 0 Å². The minimum absolute atomic E-state index is 0.341. The number of benzene rings is 1. The van der Waals surface area contributed by atoms with E-state index in [9.17, 15) is 0 Å². The first-order valence-electron chi connectivity index (χ1n) is 2.70. The highest BCUT2D eigenvalue weighted by molar-refractivity contribution is 14.1. The summed E-state index contributed by atoms with van der Waals surface area (Å²) in [5.41, 5.74) is 0.341. The molecule has 0 radical (unpaired) electrons. The highest BCUT2D eigenvalue weighted by Gasteiger charge is 2.05. The van der Waals surface area contributed by atoms with Crippen molar-refractivity contribution < 1.29 is 0 Å². The molecule has 0 bridgehead atoms. The fourth-order valence-corrected chi connectivity index (χ4v) is 2.21. The molecule has 0 heterocycles. The molecule has 0 spiro atoms. The van der Waals surface area contributed by atoms with Crippen molar-refractivity contribution >= 4 is 45.8 Å². The molecule has 56 valence electrons. The average molecular weight is 298 g/mol. The lowest BCUT2D eigenvalue weighted by Gasteiger charge is -1.97. The van der Waals surface area contributed by atoms with Crippen molar-refractivity contribution in [1.29, 1.82) is 5.26 Å². The van der Waals surface area contributed by atoms with Gasteiger partial charge in [-0.05, 0) is 34.7 Å². The molecule has 11 heavy (non-hydrogen) atoms. The van der Waals surface area contributed by atoms with Gasteiger partial charge >= 0.3 is 0 Å². The number of hydrogen-bond acceptors (Lipinski definition) is 1. The fraction of sp³-hybridized carbons (Fsp3) is 0. The maximum absolute atomic E-state index is 8.57. The zero-order chi connectivity index (χ0) is 8.43. The monoisotopic (exact) mass is 297 g/mol. The molecule has 1 rings (SSSR count).